The number of benzene rings is 2. The third kappa shape index (κ3) is 4.90. The molecule has 0 aliphatic heterocycles. The molecule has 0 aliphatic carbocycles. The van der Waals surface area contributed by atoms with E-state index < -0.39 is 5.54 Å². The van der Waals surface area contributed by atoms with Gasteiger partial charge in [-0.25, -0.2) is 0 Å². The molecule has 3 rings (SSSR count). The molecule has 1 heterocycles. The summed E-state index contributed by atoms with van der Waals surface area (Å²) in [5, 5.41) is 7.58. The van der Waals surface area contributed by atoms with Crippen LogP contribution in [-0.2, 0) is 6.42 Å². The Balaban J connectivity index is 1.78. The number of aromatic nitrogens is 1. The van der Waals surface area contributed by atoms with E-state index in [4.69, 9.17) is 25.6 Å². The fourth-order valence-corrected chi connectivity index (χ4v) is 3.25. The fraction of sp³-hybridized carbons (Fsp3) is 0.273. The number of rotatable bonds is 7. The molecule has 0 atom stereocenters. The van der Waals surface area contributed by atoms with Crippen molar-refractivity contribution in [2.45, 2.75) is 25.8 Å². The van der Waals surface area contributed by atoms with Crippen molar-refractivity contribution in [3.05, 3.63) is 64.8 Å². The van der Waals surface area contributed by atoms with Crippen LogP contribution in [-0.4, -0.2) is 30.8 Å². The predicted molar refractivity (Wildman–Crippen MR) is 112 cm³/mol. The summed E-state index contributed by atoms with van der Waals surface area (Å²) in [4.78, 5) is 12.7. The van der Waals surface area contributed by atoms with Crippen LogP contribution in [0.1, 0.15) is 29.9 Å². The zero-order chi connectivity index (χ0) is 21.0. The van der Waals surface area contributed by atoms with Crippen LogP contribution in [0.4, 0.5) is 0 Å². The smallest absolute Gasteiger partial charge is 0.273 e. The van der Waals surface area contributed by atoms with E-state index in [1.807, 2.05) is 38.1 Å². The van der Waals surface area contributed by atoms with Gasteiger partial charge in [-0.3, -0.25) is 4.79 Å². The molecule has 1 aromatic heterocycles. The van der Waals surface area contributed by atoms with Crippen molar-refractivity contribution in [1.82, 2.24) is 10.5 Å². The summed E-state index contributed by atoms with van der Waals surface area (Å²) in [6, 6.07) is 14.5. The summed E-state index contributed by atoms with van der Waals surface area (Å²) in [6.07, 6.45) is 0.576. The summed E-state index contributed by atoms with van der Waals surface area (Å²) in [5.74, 6) is 1.31. The Morgan fingerprint density at radius 1 is 1.14 bits per heavy atom. The number of carbonyl (C=O) groups excluding carboxylic acids is 1. The number of halogens is 1. The quantitative estimate of drug-likeness (QED) is 0.603. The molecule has 0 saturated heterocycles. The number of ether oxygens (including phenoxy) is 2. The van der Waals surface area contributed by atoms with Gasteiger partial charge >= 0.3 is 0 Å². The second kappa shape index (κ2) is 8.57. The number of amides is 1. The molecule has 0 radical (unpaired) electrons. The van der Waals surface area contributed by atoms with E-state index in [2.05, 4.69) is 10.5 Å². The monoisotopic (exact) mass is 414 g/mol. The summed E-state index contributed by atoms with van der Waals surface area (Å²) >= 11 is 6.25. The molecule has 1 N–H and O–H groups in total. The molecule has 152 valence electrons. The normalized spacial score (nSPS) is 11.2. The first-order chi connectivity index (χ1) is 13.8. The first-order valence-corrected chi connectivity index (χ1v) is 9.46. The average molecular weight is 415 g/mol. The Hall–Kier alpha value is -2.99. The first kappa shape index (κ1) is 20.7. The largest absolute Gasteiger partial charge is 0.497 e. The zero-order valence-corrected chi connectivity index (χ0v) is 17.5. The first-order valence-electron chi connectivity index (χ1n) is 9.08. The second-order valence-corrected chi connectivity index (χ2v) is 7.66. The molecule has 2 aromatic carbocycles. The topological polar surface area (TPSA) is 73.6 Å². The van der Waals surface area contributed by atoms with Crippen LogP contribution in [0.15, 0.2) is 53.1 Å². The van der Waals surface area contributed by atoms with Gasteiger partial charge in [0.15, 0.2) is 11.5 Å². The molecule has 3 aromatic rings. The maximum atomic E-state index is 12.7. The van der Waals surface area contributed by atoms with Gasteiger partial charge in [0.25, 0.3) is 5.91 Å². The number of methoxy groups -OCH3 is 2. The van der Waals surface area contributed by atoms with Crippen molar-refractivity contribution in [2.24, 2.45) is 0 Å². The van der Waals surface area contributed by atoms with E-state index >= 15 is 0 Å². The molecule has 29 heavy (non-hydrogen) atoms. The van der Waals surface area contributed by atoms with Gasteiger partial charge in [0, 0.05) is 16.6 Å². The van der Waals surface area contributed by atoms with Crippen molar-refractivity contribution >= 4 is 17.5 Å². The molecule has 0 fully saturated rings. The van der Waals surface area contributed by atoms with Gasteiger partial charge in [-0.2, -0.15) is 0 Å². The molecule has 6 nitrogen and oxygen atoms in total. The van der Waals surface area contributed by atoms with Gasteiger partial charge in [0.05, 0.1) is 19.8 Å². The van der Waals surface area contributed by atoms with Crippen LogP contribution in [0.5, 0.6) is 11.5 Å². The van der Waals surface area contributed by atoms with Gasteiger partial charge in [-0.1, -0.05) is 35.0 Å². The lowest BCUT2D eigenvalue weighted by atomic mass is 9.94. The molecule has 0 aliphatic rings. The van der Waals surface area contributed by atoms with Gasteiger partial charge < -0.3 is 19.3 Å². The molecule has 0 bridgehead atoms. The minimum atomic E-state index is -0.533. The highest BCUT2D eigenvalue weighted by molar-refractivity contribution is 6.31. The summed E-state index contributed by atoms with van der Waals surface area (Å²) in [5.41, 5.74) is 1.25. The maximum Gasteiger partial charge on any atom is 0.273 e. The van der Waals surface area contributed by atoms with Crippen LogP contribution in [0.2, 0.25) is 5.02 Å². The van der Waals surface area contributed by atoms with Gasteiger partial charge in [-0.15, -0.1) is 0 Å². The molecule has 0 spiro atoms. The Labute approximate surface area is 174 Å². The standard InChI is InChI=1S/C22H23ClN2O4/c1-22(2,13-14-7-5-6-8-17(14)23)24-21(26)18-12-20(29-25-18)16-11-15(27-3)9-10-19(16)28-4/h5-12H,13H2,1-4H3,(H,24,26). The van der Waals surface area contributed by atoms with E-state index in [-0.39, 0.29) is 11.6 Å². The SMILES string of the molecule is COc1ccc(OC)c(-c2cc(C(=O)NC(C)(C)Cc3ccccc3Cl)no2)c1. The van der Waals surface area contributed by atoms with E-state index in [0.29, 0.717) is 34.3 Å². The molecular formula is C22H23ClN2O4. The van der Waals surface area contributed by atoms with Crippen molar-refractivity contribution in [3.63, 3.8) is 0 Å². The van der Waals surface area contributed by atoms with Gasteiger partial charge in [0.2, 0.25) is 0 Å². The van der Waals surface area contributed by atoms with Crippen LogP contribution in [0.3, 0.4) is 0 Å². The molecule has 1 amide bonds. The minimum Gasteiger partial charge on any atom is -0.497 e. The van der Waals surface area contributed by atoms with E-state index in [1.54, 1.807) is 38.5 Å². The summed E-state index contributed by atoms with van der Waals surface area (Å²) in [6.45, 7) is 3.86. The van der Waals surface area contributed by atoms with E-state index in [9.17, 15) is 4.79 Å². The maximum absolute atomic E-state index is 12.7. The van der Waals surface area contributed by atoms with Crippen molar-refractivity contribution < 1.29 is 18.8 Å². The summed E-state index contributed by atoms with van der Waals surface area (Å²) in [7, 11) is 3.14. The Morgan fingerprint density at radius 2 is 1.90 bits per heavy atom. The van der Waals surface area contributed by atoms with Crippen molar-refractivity contribution in [3.8, 4) is 22.8 Å². The number of hydrogen-bond donors (Lipinski definition) is 1. The number of nitrogens with zero attached hydrogens (tertiary/aromatic N) is 1. The Bertz CT molecular complexity index is 1010. The van der Waals surface area contributed by atoms with Gasteiger partial charge in [-0.05, 0) is 50.1 Å². The molecular weight excluding hydrogens is 392 g/mol. The average Bonchev–Trinajstić information content (AvgIpc) is 3.19. The van der Waals surface area contributed by atoms with Crippen LogP contribution in [0, 0.1) is 0 Å². The zero-order valence-electron chi connectivity index (χ0n) is 16.8. The van der Waals surface area contributed by atoms with Gasteiger partial charge in [0.1, 0.15) is 11.5 Å². The third-order valence-corrected chi connectivity index (χ3v) is 4.83. The molecule has 0 unspecified atom stereocenters. The lowest BCUT2D eigenvalue weighted by Gasteiger charge is -2.26. The van der Waals surface area contributed by atoms with Crippen LogP contribution < -0.4 is 14.8 Å². The summed E-state index contributed by atoms with van der Waals surface area (Å²) < 4.78 is 16.0. The lowest BCUT2D eigenvalue weighted by Crippen LogP contribution is -2.45. The second-order valence-electron chi connectivity index (χ2n) is 7.25. The Kier molecular flexibility index (Phi) is 6.13. The van der Waals surface area contributed by atoms with Crippen LogP contribution >= 0.6 is 11.6 Å². The number of hydrogen-bond acceptors (Lipinski definition) is 5. The minimum absolute atomic E-state index is 0.178. The molecule has 0 saturated carbocycles. The predicted octanol–water partition coefficient (Wildman–Crippen LogP) is 4.76. The van der Waals surface area contributed by atoms with Crippen molar-refractivity contribution in [2.75, 3.05) is 14.2 Å². The highest BCUT2D eigenvalue weighted by Gasteiger charge is 2.25. The molecule has 7 heteroatoms. The fourth-order valence-electron chi connectivity index (χ4n) is 3.05. The van der Waals surface area contributed by atoms with E-state index in [0.717, 1.165) is 5.56 Å². The van der Waals surface area contributed by atoms with Crippen LogP contribution in [0.25, 0.3) is 11.3 Å². The van der Waals surface area contributed by atoms with Crippen molar-refractivity contribution in [1.29, 1.82) is 0 Å². The highest BCUT2D eigenvalue weighted by Crippen LogP contribution is 2.33. The third-order valence-electron chi connectivity index (χ3n) is 4.46. The highest BCUT2D eigenvalue weighted by atomic mass is 35.5. The van der Waals surface area contributed by atoms with E-state index in [1.165, 1.54) is 0 Å². The Morgan fingerprint density at radius 3 is 2.59 bits per heavy atom. The number of carbonyl (C=O) groups is 1. The number of nitrogens with one attached hydrogen (secondary N) is 1. The lowest BCUT2D eigenvalue weighted by molar-refractivity contribution is 0.0904.